The van der Waals surface area contributed by atoms with Gasteiger partial charge < -0.3 is 4.74 Å². The van der Waals surface area contributed by atoms with E-state index in [9.17, 15) is 4.79 Å². The fourth-order valence-corrected chi connectivity index (χ4v) is 2.98. The summed E-state index contributed by atoms with van der Waals surface area (Å²) in [6.45, 7) is 10.3. The first-order valence-corrected chi connectivity index (χ1v) is 8.18. The third-order valence-corrected chi connectivity index (χ3v) is 5.40. The molecule has 0 aliphatic rings. The minimum atomic E-state index is -0.355. The zero-order valence-electron chi connectivity index (χ0n) is 12.3. The van der Waals surface area contributed by atoms with Crippen molar-refractivity contribution in [1.29, 1.82) is 0 Å². The van der Waals surface area contributed by atoms with E-state index in [0.717, 1.165) is 11.1 Å². The molecule has 1 amide bonds. The second-order valence-electron chi connectivity index (χ2n) is 5.46. The number of nitrogens with zero attached hydrogens (tertiary/aromatic N) is 1. The lowest BCUT2D eigenvalue weighted by Gasteiger charge is -2.21. The van der Waals surface area contributed by atoms with Crippen LogP contribution in [0.5, 0.6) is 5.75 Å². The molecule has 0 atom stereocenters. The van der Waals surface area contributed by atoms with Gasteiger partial charge >= 0.3 is 6.09 Å². The molecule has 0 bridgehead atoms. The van der Waals surface area contributed by atoms with Gasteiger partial charge in [-0.25, -0.2) is 9.10 Å². The molecule has 1 aromatic rings. The Balaban J connectivity index is 2.59. The lowest BCUT2D eigenvalue weighted by atomic mass is 10.1. The highest BCUT2D eigenvalue weighted by atomic mass is 33.1. The monoisotopic (exact) mass is 299 g/mol. The summed E-state index contributed by atoms with van der Waals surface area (Å²) >= 11 is 0. The molecule has 0 radical (unpaired) electrons. The van der Waals surface area contributed by atoms with Crippen molar-refractivity contribution in [3.63, 3.8) is 0 Å². The number of benzene rings is 1. The van der Waals surface area contributed by atoms with Crippen molar-refractivity contribution in [3.8, 4) is 5.75 Å². The molecule has 0 aliphatic carbocycles. The van der Waals surface area contributed by atoms with E-state index in [1.807, 2.05) is 32.0 Å². The summed E-state index contributed by atoms with van der Waals surface area (Å²) < 4.78 is 6.96. The second-order valence-corrected chi connectivity index (χ2v) is 8.49. The Bertz CT molecular complexity index is 435. The van der Waals surface area contributed by atoms with Gasteiger partial charge in [0.05, 0.1) is 0 Å². The molecule has 0 unspecified atom stereocenters. The summed E-state index contributed by atoms with van der Waals surface area (Å²) in [5, 5.41) is 0. The van der Waals surface area contributed by atoms with E-state index in [2.05, 4.69) is 20.8 Å². The van der Waals surface area contributed by atoms with E-state index in [1.165, 1.54) is 15.3 Å². The molecule has 0 heterocycles. The van der Waals surface area contributed by atoms with Crippen molar-refractivity contribution >= 4 is 27.9 Å². The molecule has 5 heteroatoms. The third-order valence-electron chi connectivity index (χ3n) is 2.06. The lowest BCUT2D eigenvalue weighted by molar-refractivity contribution is 0.187. The van der Waals surface area contributed by atoms with Crippen LogP contribution in [0.3, 0.4) is 0 Å². The van der Waals surface area contributed by atoms with Gasteiger partial charge in [0.25, 0.3) is 0 Å². The molecule has 1 rings (SSSR count). The molecule has 3 nitrogen and oxygen atoms in total. The van der Waals surface area contributed by atoms with Gasteiger partial charge in [-0.2, -0.15) is 0 Å². The first kappa shape index (κ1) is 16.2. The van der Waals surface area contributed by atoms with Crippen LogP contribution in [0, 0.1) is 13.8 Å². The third kappa shape index (κ3) is 6.25. The molecule has 0 saturated heterocycles. The Morgan fingerprint density at radius 1 is 1.16 bits per heavy atom. The number of hydrogen-bond acceptors (Lipinski definition) is 4. The standard InChI is InChI=1S/C14H21NO2S2/c1-10-7-11(2)9-12(8-10)17-13(16)15(6)19-18-14(3,4)5/h7-9H,1-6H3. The van der Waals surface area contributed by atoms with Crippen molar-refractivity contribution in [2.24, 2.45) is 0 Å². The number of rotatable bonds is 3. The number of carbonyl (C=O) groups excluding carboxylic acids is 1. The first-order chi connectivity index (χ1) is 8.67. The van der Waals surface area contributed by atoms with Crippen LogP contribution in [0.25, 0.3) is 0 Å². The fraction of sp³-hybridized carbons (Fsp3) is 0.500. The van der Waals surface area contributed by atoms with Gasteiger partial charge in [-0.05, 0) is 37.1 Å². The SMILES string of the molecule is Cc1cc(C)cc(OC(=O)N(C)SSC(C)(C)C)c1. The Morgan fingerprint density at radius 2 is 1.68 bits per heavy atom. The quantitative estimate of drug-likeness (QED) is 0.590. The van der Waals surface area contributed by atoms with Crippen LogP contribution in [0.15, 0.2) is 18.2 Å². The van der Waals surface area contributed by atoms with Crippen LogP contribution >= 0.6 is 21.8 Å². The van der Waals surface area contributed by atoms with Crippen LogP contribution < -0.4 is 4.74 Å². The number of amides is 1. The highest BCUT2D eigenvalue weighted by Crippen LogP contribution is 2.36. The maximum Gasteiger partial charge on any atom is 0.425 e. The van der Waals surface area contributed by atoms with E-state index in [1.54, 1.807) is 17.8 Å². The average molecular weight is 299 g/mol. The molecule has 0 N–H and O–H groups in total. The lowest BCUT2D eigenvalue weighted by Crippen LogP contribution is -2.23. The van der Waals surface area contributed by atoms with Gasteiger partial charge in [0.15, 0.2) is 0 Å². The summed E-state index contributed by atoms with van der Waals surface area (Å²) in [6.07, 6.45) is -0.355. The minimum Gasteiger partial charge on any atom is -0.410 e. The molecule has 0 aromatic heterocycles. The van der Waals surface area contributed by atoms with Crippen molar-refractivity contribution in [1.82, 2.24) is 4.31 Å². The van der Waals surface area contributed by atoms with Gasteiger partial charge in [0.2, 0.25) is 0 Å². The summed E-state index contributed by atoms with van der Waals surface area (Å²) in [5.74, 6) is 0.593. The Kier molecular flexibility index (Phi) is 5.62. The maximum absolute atomic E-state index is 11.9. The van der Waals surface area contributed by atoms with E-state index in [0.29, 0.717) is 5.75 Å². The van der Waals surface area contributed by atoms with Gasteiger partial charge in [-0.3, -0.25) is 0 Å². The normalized spacial score (nSPS) is 11.3. The molecule has 19 heavy (non-hydrogen) atoms. The topological polar surface area (TPSA) is 29.5 Å². The smallest absolute Gasteiger partial charge is 0.410 e. The van der Waals surface area contributed by atoms with Crippen LogP contribution in [-0.4, -0.2) is 22.2 Å². The molecule has 106 valence electrons. The van der Waals surface area contributed by atoms with Crippen LogP contribution in [0.1, 0.15) is 31.9 Å². The number of ether oxygens (including phenoxy) is 1. The fourth-order valence-electron chi connectivity index (χ4n) is 1.36. The summed E-state index contributed by atoms with van der Waals surface area (Å²) in [6, 6.07) is 5.77. The first-order valence-electron chi connectivity index (χ1n) is 6.07. The maximum atomic E-state index is 11.9. The Labute approximate surface area is 123 Å². The predicted octanol–water partition coefficient (Wildman–Crippen LogP) is 4.83. The molecule has 0 fully saturated rings. The van der Waals surface area contributed by atoms with E-state index < -0.39 is 0 Å². The molecule has 0 saturated carbocycles. The largest absolute Gasteiger partial charge is 0.425 e. The zero-order chi connectivity index (χ0) is 14.6. The van der Waals surface area contributed by atoms with E-state index in [-0.39, 0.29) is 10.8 Å². The molecular formula is C14H21NO2S2. The van der Waals surface area contributed by atoms with Crippen molar-refractivity contribution in [2.45, 2.75) is 39.4 Å². The Hall–Kier alpha value is -0.810. The average Bonchev–Trinajstić information content (AvgIpc) is 2.23. The van der Waals surface area contributed by atoms with E-state index >= 15 is 0 Å². The summed E-state index contributed by atoms with van der Waals surface area (Å²) in [7, 11) is 4.74. The van der Waals surface area contributed by atoms with Crippen molar-refractivity contribution < 1.29 is 9.53 Å². The van der Waals surface area contributed by atoms with Crippen LogP contribution in [0.4, 0.5) is 4.79 Å². The van der Waals surface area contributed by atoms with Crippen molar-refractivity contribution in [2.75, 3.05) is 7.05 Å². The number of aryl methyl sites for hydroxylation is 2. The van der Waals surface area contributed by atoms with Crippen LogP contribution in [-0.2, 0) is 0 Å². The van der Waals surface area contributed by atoms with Gasteiger partial charge in [0.1, 0.15) is 5.75 Å². The van der Waals surface area contributed by atoms with E-state index in [4.69, 9.17) is 4.74 Å². The molecule has 1 aromatic carbocycles. The zero-order valence-corrected chi connectivity index (χ0v) is 13.9. The summed E-state index contributed by atoms with van der Waals surface area (Å²) in [4.78, 5) is 11.9. The van der Waals surface area contributed by atoms with Gasteiger partial charge in [-0.1, -0.05) is 37.6 Å². The number of carbonyl (C=O) groups is 1. The molecule has 0 spiro atoms. The molecule has 0 aliphatic heterocycles. The van der Waals surface area contributed by atoms with Crippen molar-refractivity contribution in [3.05, 3.63) is 29.3 Å². The Morgan fingerprint density at radius 3 is 2.16 bits per heavy atom. The van der Waals surface area contributed by atoms with Crippen LogP contribution in [0.2, 0.25) is 0 Å². The highest BCUT2D eigenvalue weighted by molar-refractivity contribution is 8.76. The minimum absolute atomic E-state index is 0.0964. The molecular weight excluding hydrogens is 278 g/mol. The van der Waals surface area contributed by atoms with Gasteiger partial charge in [0, 0.05) is 22.8 Å². The predicted molar refractivity (Wildman–Crippen MR) is 84.6 cm³/mol. The highest BCUT2D eigenvalue weighted by Gasteiger charge is 2.18. The summed E-state index contributed by atoms with van der Waals surface area (Å²) in [5.41, 5.74) is 2.17. The van der Waals surface area contributed by atoms with Gasteiger partial charge in [-0.15, -0.1) is 0 Å². The number of hydrogen-bond donors (Lipinski definition) is 0. The second kappa shape index (κ2) is 6.57.